The summed E-state index contributed by atoms with van der Waals surface area (Å²) in [7, 11) is 3.46. The number of hydrogen-bond donors (Lipinski definition) is 0. The van der Waals surface area contributed by atoms with E-state index in [1.54, 1.807) is 49.0 Å². The van der Waals surface area contributed by atoms with Gasteiger partial charge in [-0.25, -0.2) is 20.2 Å². The number of nitrogens with zero attached hydrogens (tertiary/aromatic N) is 4. The summed E-state index contributed by atoms with van der Waals surface area (Å²) in [5.41, 5.74) is 14.0. The van der Waals surface area contributed by atoms with Crippen LogP contribution < -0.4 is 9.47 Å². The van der Waals surface area contributed by atoms with Gasteiger partial charge in [-0.2, -0.15) is 0 Å². The highest BCUT2D eigenvalue weighted by molar-refractivity contribution is 7.14. The first kappa shape index (κ1) is 38.6. The van der Waals surface area contributed by atoms with Crippen LogP contribution in [0.1, 0.15) is 149 Å². The third kappa shape index (κ3) is 5.65. The van der Waals surface area contributed by atoms with E-state index in [0.29, 0.717) is 0 Å². The Morgan fingerprint density at radius 3 is 1.30 bits per heavy atom. The topological polar surface area (TPSA) is 74.8 Å². The minimum absolute atomic E-state index is 0.0301. The number of ether oxygens (including phenoxy) is 2. The first-order valence-electron chi connectivity index (χ1n) is 21.5. The lowest BCUT2D eigenvalue weighted by atomic mass is 9.65. The van der Waals surface area contributed by atoms with Crippen molar-refractivity contribution in [3.63, 3.8) is 0 Å². The zero-order valence-electron chi connectivity index (χ0n) is 34.3. The minimum Gasteiger partial charge on any atom is -0.495 e. The molecule has 10 rings (SSSR count). The summed E-state index contributed by atoms with van der Waals surface area (Å²) in [6.45, 7) is 15.0. The van der Waals surface area contributed by atoms with Gasteiger partial charge in [-0.15, -0.1) is 22.7 Å². The molecule has 0 atom stereocenters. The first-order valence-corrected chi connectivity index (χ1v) is 23.2. The lowest BCUT2D eigenvalue weighted by molar-refractivity contribution is 0.351. The van der Waals surface area contributed by atoms with Gasteiger partial charge in [0.15, 0.2) is 0 Å². The average Bonchev–Trinajstić information content (AvgIpc) is 4.09. The average molecular weight is 823 g/mol. The summed E-state index contributed by atoms with van der Waals surface area (Å²) in [6.07, 6.45) is 25.9. The van der Waals surface area contributed by atoms with E-state index in [-0.39, 0.29) is 27.6 Å². The Bertz CT molecular complexity index is 2560. The Balaban J connectivity index is 1.15. The van der Waals surface area contributed by atoms with Gasteiger partial charge in [0.25, 0.3) is 11.4 Å². The number of thiophene rings is 2. The van der Waals surface area contributed by atoms with Gasteiger partial charge < -0.3 is 9.47 Å². The first-order chi connectivity index (χ1) is 29.3. The largest absolute Gasteiger partial charge is 0.495 e. The predicted molar refractivity (Wildman–Crippen MR) is 243 cm³/mol. The molecule has 0 radical (unpaired) electrons. The highest BCUT2D eigenvalue weighted by Crippen LogP contribution is 2.65. The number of benzene rings is 2. The molecule has 8 heteroatoms. The fourth-order valence-electron chi connectivity index (χ4n) is 12.3. The van der Waals surface area contributed by atoms with Crippen LogP contribution in [-0.2, 0) is 16.2 Å². The molecule has 3 spiro atoms. The number of allylic oxidation sites excluding steroid dienone is 4. The Hall–Kier alpha value is -5.64. The van der Waals surface area contributed by atoms with E-state index in [1.807, 2.05) is 24.3 Å². The van der Waals surface area contributed by atoms with E-state index in [0.717, 1.165) is 69.5 Å². The molecule has 0 bridgehead atoms. The summed E-state index contributed by atoms with van der Waals surface area (Å²) in [6, 6.07) is 18.5. The second-order valence-corrected chi connectivity index (χ2v) is 19.8. The van der Waals surface area contributed by atoms with E-state index in [2.05, 4.69) is 46.1 Å². The van der Waals surface area contributed by atoms with Gasteiger partial charge in [-0.05, 0) is 155 Å². The van der Waals surface area contributed by atoms with Crippen molar-refractivity contribution in [1.82, 2.24) is 0 Å². The molecule has 2 heterocycles. The second kappa shape index (κ2) is 14.8. The molecule has 3 fully saturated rings. The molecule has 6 aliphatic carbocycles. The Morgan fingerprint density at radius 1 is 0.567 bits per heavy atom. The normalized spacial score (nSPS) is 20.2. The summed E-state index contributed by atoms with van der Waals surface area (Å²) < 4.78 is 12.1. The maximum Gasteiger partial charge on any atom is 0.263 e. The van der Waals surface area contributed by atoms with Gasteiger partial charge in [-0.3, -0.25) is 0 Å². The molecule has 0 saturated heterocycles. The van der Waals surface area contributed by atoms with E-state index in [4.69, 9.17) is 22.6 Å². The molecule has 0 N–H and O–H groups in total. The molecule has 2 aromatic carbocycles. The van der Waals surface area contributed by atoms with Crippen molar-refractivity contribution >= 4 is 58.1 Å². The Kier molecular flexibility index (Phi) is 9.52. The Labute approximate surface area is 361 Å². The zero-order valence-corrected chi connectivity index (χ0v) is 35.9. The van der Waals surface area contributed by atoms with Gasteiger partial charge in [0, 0.05) is 26.0 Å². The van der Waals surface area contributed by atoms with Gasteiger partial charge in [0.2, 0.25) is 0 Å². The van der Waals surface area contributed by atoms with Gasteiger partial charge in [0.1, 0.15) is 11.5 Å². The summed E-state index contributed by atoms with van der Waals surface area (Å²) in [5.74, 6) is 1.64. The number of methoxy groups -OCH3 is 2. The third-order valence-electron chi connectivity index (χ3n) is 14.9. The number of nitriles is 2. The molecule has 3 saturated carbocycles. The monoisotopic (exact) mass is 822 g/mol. The van der Waals surface area contributed by atoms with E-state index in [1.165, 1.54) is 113 Å². The van der Waals surface area contributed by atoms with Crippen LogP contribution in [-0.4, -0.2) is 14.2 Å². The molecule has 0 aliphatic heterocycles. The minimum atomic E-state index is -0.126. The summed E-state index contributed by atoms with van der Waals surface area (Å²) in [5, 5.41) is 19.1. The van der Waals surface area contributed by atoms with Gasteiger partial charge in [-0.1, -0.05) is 57.8 Å². The van der Waals surface area contributed by atoms with Crippen LogP contribution in [0.3, 0.4) is 0 Å². The van der Waals surface area contributed by atoms with E-state index >= 15 is 0 Å². The molecule has 298 valence electrons. The highest BCUT2D eigenvalue weighted by Gasteiger charge is 2.51. The van der Waals surface area contributed by atoms with Crippen LogP contribution >= 0.6 is 22.7 Å². The van der Waals surface area contributed by atoms with Crippen molar-refractivity contribution in [2.24, 2.45) is 0 Å². The molecular formula is C52H46N4O2S2. The standard InChI is InChI=1S/C52H46N4O2S2/c1-55-34(30-53)24-36-26-46(57-3)48(59-36)44-22-32-20-42-38(28-40(32)50(44)14-8-5-9-15-50)39-29-41-33(21-43(39)52(42)18-12-7-13-19-52)23-45(51(41)16-10-6-11-17-51)49-47(58-4)27-37(60-49)25-35(31-54)56-2/h20-29H,5-19H2,3-4H3/b34-24-,35-25+. The molecule has 6 aliphatic rings. The van der Waals surface area contributed by atoms with Crippen LogP contribution in [0.2, 0.25) is 0 Å². The van der Waals surface area contributed by atoms with Gasteiger partial charge in [0.05, 0.1) is 49.3 Å². The third-order valence-corrected chi connectivity index (χ3v) is 17.1. The molecule has 4 aromatic rings. The second-order valence-electron chi connectivity index (χ2n) is 17.6. The summed E-state index contributed by atoms with van der Waals surface area (Å²) in [4.78, 5) is 10.9. The van der Waals surface area contributed by atoms with Crippen LogP contribution in [0, 0.1) is 35.8 Å². The maximum absolute atomic E-state index is 9.56. The van der Waals surface area contributed by atoms with E-state index in [9.17, 15) is 10.5 Å². The number of rotatable bonds is 6. The fourth-order valence-corrected chi connectivity index (χ4v) is 14.6. The molecule has 0 amide bonds. The Morgan fingerprint density at radius 2 is 0.950 bits per heavy atom. The molecule has 2 aromatic heterocycles. The van der Waals surface area contributed by atoms with Crippen LogP contribution in [0.5, 0.6) is 11.5 Å². The smallest absolute Gasteiger partial charge is 0.263 e. The molecule has 6 nitrogen and oxygen atoms in total. The molecule has 60 heavy (non-hydrogen) atoms. The SMILES string of the molecule is [C-]#[N+]/C(C#N)=C\c1cc(OC)c(C2=Cc3cc4c(cc3C23CCCCC3)-c2cc3c(cc2C42CCCCC2)C=C(c2sc(/C=C(\C#N)[N+]#[C-])cc2OC)C32CCCCC2)s1. The van der Waals surface area contributed by atoms with Gasteiger partial charge >= 0.3 is 0 Å². The lowest BCUT2D eigenvalue weighted by Gasteiger charge is -2.39. The highest BCUT2D eigenvalue weighted by atomic mass is 32.1. The van der Waals surface area contributed by atoms with Crippen molar-refractivity contribution in [3.8, 4) is 34.8 Å². The van der Waals surface area contributed by atoms with E-state index < -0.39 is 0 Å². The quantitative estimate of drug-likeness (QED) is 0.143. The molecular weight excluding hydrogens is 777 g/mol. The number of hydrogen-bond acceptors (Lipinski definition) is 6. The van der Waals surface area contributed by atoms with Crippen molar-refractivity contribution in [3.05, 3.63) is 124 Å². The van der Waals surface area contributed by atoms with Crippen LogP contribution in [0.15, 0.2) is 47.8 Å². The zero-order chi connectivity index (χ0) is 41.2. The van der Waals surface area contributed by atoms with Crippen molar-refractivity contribution in [1.29, 1.82) is 10.5 Å². The maximum atomic E-state index is 9.56. The fraction of sp³-hybridized carbons (Fsp3) is 0.385. The van der Waals surface area contributed by atoms with Crippen LogP contribution in [0.25, 0.3) is 56.3 Å². The summed E-state index contributed by atoms with van der Waals surface area (Å²) >= 11 is 3.28. The van der Waals surface area contributed by atoms with Crippen LogP contribution in [0.4, 0.5) is 0 Å². The van der Waals surface area contributed by atoms with Crippen molar-refractivity contribution in [2.75, 3.05) is 14.2 Å². The lowest BCUT2D eigenvalue weighted by Crippen LogP contribution is -2.30. The predicted octanol–water partition coefficient (Wildman–Crippen LogP) is 14.1. The van der Waals surface area contributed by atoms with Crippen molar-refractivity contribution in [2.45, 2.75) is 113 Å². The van der Waals surface area contributed by atoms with Crippen molar-refractivity contribution < 1.29 is 9.47 Å². The molecule has 0 unspecified atom stereocenters. The number of fused-ring (bicyclic) bond motifs is 9.